The van der Waals surface area contributed by atoms with Gasteiger partial charge >= 0.3 is 6.09 Å². The first-order valence-electron chi connectivity index (χ1n) is 9.89. The van der Waals surface area contributed by atoms with Gasteiger partial charge in [0.05, 0.1) is 5.69 Å². The molecule has 11 nitrogen and oxygen atoms in total. The lowest BCUT2D eigenvalue weighted by Crippen LogP contribution is -2.53. The molecule has 1 heterocycles. The summed E-state index contributed by atoms with van der Waals surface area (Å²) in [5.41, 5.74) is 4.03. The fraction of sp³-hybridized carbons (Fsp3) is 0.500. The molecule has 1 atom stereocenters. The Balaban J connectivity index is 2.07. The van der Waals surface area contributed by atoms with E-state index in [0.29, 0.717) is 10.6 Å². The lowest BCUT2D eigenvalue weighted by molar-refractivity contribution is -0.123. The van der Waals surface area contributed by atoms with Crippen molar-refractivity contribution in [1.29, 1.82) is 0 Å². The largest absolute Gasteiger partial charge is 0.444 e. The number of amides is 4. The summed E-state index contributed by atoms with van der Waals surface area (Å²) in [5, 5.41) is 5.19. The van der Waals surface area contributed by atoms with Gasteiger partial charge in [-0.1, -0.05) is 0 Å². The minimum Gasteiger partial charge on any atom is -0.444 e. The second-order valence-corrected chi connectivity index (χ2v) is 12.5. The second kappa shape index (κ2) is 9.59. The summed E-state index contributed by atoms with van der Waals surface area (Å²) in [7, 11) is -3.71. The molecule has 13 heteroatoms. The van der Waals surface area contributed by atoms with E-state index in [0.717, 1.165) is 6.26 Å². The van der Waals surface area contributed by atoms with Gasteiger partial charge < -0.3 is 15.4 Å². The standard InChI is InChI=1S/C20H28N4O7S2/c1-19(2,3)31-18(28)22-13-10-32-14-8-7-11(9-12(14)21-16(13)26)15(25)23-24-17(27)20(4,5)33(6,29)30/h7-9,13H,10H2,1-6H3,(H,21,26)(H,22,28)(H,23,25)(H,24,27)/t13-/m0/s1. The number of hydrazine groups is 1. The van der Waals surface area contributed by atoms with Crippen molar-refractivity contribution >= 4 is 51.1 Å². The van der Waals surface area contributed by atoms with E-state index in [-0.39, 0.29) is 11.3 Å². The third-order valence-electron chi connectivity index (χ3n) is 4.68. The Bertz CT molecular complexity index is 1080. The molecule has 1 aromatic carbocycles. The fourth-order valence-corrected chi connectivity index (χ4v) is 3.82. The van der Waals surface area contributed by atoms with Crippen molar-refractivity contribution in [3.8, 4) is 0 Å². The number of anilines is 1. The van der Waals surface area contributed by atoms with Crippen LogP contribution in [0.25, 0.3) is 0 Å². The Labute approximate surface area is 196 Å². The number of hydrogen-bond donors (Lipinski definition) is 4. The SMILES string of the molecule is CC(C)(C)OC(=O)N[C@H]1CSc2ccc(C(=O)NNC(=O)C(C)(C)S(C)(=O)=O)cc2NC1=O. The number of fused-ring (bicyclic) bond motifs is 1. The molecule has 0 aliphatic carbocycles. The molecule has 0 bridgehead atoms. The average molecular weight is 501 g/mol. The molecule has 0 radical (unpaired) electrons. The van der Waals surface area contributed by atoms with Crippen LogP contribution in [0.3, 0.4) is 0 Å². The van der Waals surface area contributed by atoms with Crippen LogP contribution in [0, 0.1) is 0 Å². The van der Waals surface area contributed by atoms with E-state index in [1.807, 2.05) is 0 Å². The summed E-state index contributed by atoms with van der Waals surface area (Å²) >= 11 is 1.30. The molecule has 33 heavy (non-hydrogen) atoms. The zero-order valence-corrected chi connectivity index (χ0v) is 20.8. The van der Waals surface area contributed by atoms with Gasteiger partial charge in [-0.05, 0) is 52.8 Å². The molecule has 0 saturated heterocycles. The van der Waals surface area contributed by atoms with Gasteiger partial charge in [0.1, 0.15) is 16.4 Å². The Kier molecular flexibility index (Phi) is 7.69. The van der Waals surface area contributed by atoms with Crippen molar-refractivity contribution in [2.24, 2.45) is 0 Å². The van der Waals surface area contributed by atoms with Crippen LogP contribution in [0.5, 0.6) is 0 Å². The van der Waals surface area contributed by atoms with Gasteiger partial charge in [0.25, 0.3) is 11.8 Å². The topological polar surface area (TPSA) is 160 Å². The Hall–Kier alpha value is -2.80. The van der Waals surface area contributed by atoms with Crippen LogP contribution < -0.4 is 21.5 Å². The highest BCUT2D eigenvalue weighted by Crippen LogP contribution is 2.31. The molecular weight excluding hydrogens is 472 g/mol. The van der Waals surface area contributed by atoms with Gasteiger partial charge in [0.15, 0.2) is 9.84 Å². The predicted molar refractivity (Wildman–Crippen MR) is 123 cm³/mol. The lowest BCUT2D eigenvalue weighted by Gasteiger charge is -2.22. The van der Waals surface area contributed by atoms with Crippen LogP contribution in [-0.2, 0) is 24.2 Å². The first-order chi connectivity index (χ1) is 15.0. The summed E-state index contributed by atoms with van der Waals surface area (Å²) in [6, 6.07) is 3.67. The number of nitrogens with one attached hydrogen (secondary N) is 4. The van der Waals surface area contributed by atoms with Gasteiger partial charge in [-0.25, -0.2) is 13.2 Å². The quantitative estimate of drug-likeness (QED) is 0.449. The minimum absolute atomic E-state index is 0.116. The van der Waals surface area contributed by atoms with Crippen molar-refractivity contribution in [1.82, 2.24) is 16.2 Å². The van der Waals surface area contributed by atoms with Crippen molar-refractivity contribution in [3.63, 3.8) is 0 Å². The second-order valence-electron chi connectivity index (χ2n) is 8.90. The number of alkyl carbamates (subject to hydrolysis) is 1. The third kappa shape index (κ3) is 6.84. The predicted octanol–water partition coefficient (Wildman–Crippen LogP) is 1.21. The summed E-state index contributed by atoms with van der Waals surface area (Å²) in [6.07, 6.45) is 0.202. The van der Waals surface area contributed by atoms with Crippen LogP contribution in [0.1, 0.15) is 45.0 Å². The Morgan fingerprint density at radius 1 is 1.12 bits per heavy atom. The fourth-order valence-electron chi connectivity index (χ4n) is 2.43. The number of sulfone groups is 1. The number of carbonyl (C=O) groups excluding carboxylic acids is 4. The van der Waals surface area contributed by atoms with Crippen molar-refractivity contribution < 1.29 is 32.3 Å². The smallest absolute Gasteiger partial charge is 0.408 e. The number of hydrogen-bond acceptors (Lipinski definition) is 8. The normalized spacial score (nSPS) is 16.5. The lowest BCUT2D eigenvalue weighted by atomic mass is 10.2. The maximum atomic E-state index is 12.6. The van der Waals surface area contributed by atoms with Crippen LogP contribution in [0.15, 0.2) is 23.1 Å². The van der Waals surface area contributed by atoms with E-state index in [9.17, 15) is 27.6 Å². The molecule has 0 unspecified atom stereocenters. The first kappa shape index (κ1) is 26.5. The van der Waals surface area contributed by atoms with Gasteiger partial charge in [-0.2, -0.15) is 0 Å². The maximum Gasteiger partial charge on any atom is 0.408 e. The summed E-state index contributed by atoms with van der Waals surface area (Å²) in [4.78, 5) is 49.9. The van der Waals surface area contributed by atoms with E-state index >= 15 is 0 Å². The average Bonchev–Trinajstić information content (AvgIpc) is 2.81. The molecular formula is C20H28N4O7S2. The van der Waals surface area contributed by atoms with Crippen LogP contribution in [-0.4, -0.2) is 60.6 Å². The minimum atomic E-state index is -3.71. The number of benzene rings is 1. The highest BCUT2D eigenvalue weighted by molar-refractivity contribution is 7.99. The van der Waals surface area contributed by atoms with E-state index in [2.05, 4.69) is 21.5 Å². The van der Waals surface area contributed by atoms with Crippen molar-refractivity contribution in [2.45, 2.75) is 55.9 Å². The van der Waals surface area contributed by atoms with Crippen molar-refractivity contribution in [2.75, 3.05) is 17.3 Å². The van der Waals surface area contributed by atoms with E-state index in [4.69, 9.17) is 4.74 Å². The summed E-state index contributed by atoms with van der Waals surface area (Å²) < 4.78 is 26.9. The van der Waals surface area contributed by atoms with Gasteiger partial charge in [0, 0.05) is 22.5 Å². The molecule has 0 saturated carbocycles. The molecule has 4 amide bonds. The maximum absolute atomic E-state index is 12.6. The van der Waals surface area contributed by atoms with Gasteiger partial charge in [-0.3, -0.25) is 25.2 Å². The third-order valence-corrected chi connectivity index (χ3v) is 7.88. The number of rotatable bonds is 4. The Morgan fingerprint density at radius 2 is 1.76 bits per heavy atom. The summed E-state index contributed by atoms with van der Waals surface area (Å²) in [6.45, 7) is 7.58. The zero-order valence-electron chi connectivity index (χ0n) is 19.2. The Morgan fingerprint density at radius 3 is 2.33 bits per heavy atom. The van der Waals surface area contributed by atoms with Gasteiger partial charge in [-0.15, -0.1) is 11.8 Å². The van der Waals surface area contributed by atoms with Gasteiger partial charge in [0.2, 0.25) is 5.91 Å². The molecule has 4 N–H and O–H groups in total. The summed E-state index contributed by atoms with van der Waals surface area (Å²) in [5.74, 6) is -1.83. The molecule has 1 aromatic rings. The molecule has 0 aromatic heterocycles. The zero-order chi connectivity index (χ0) is 25.2. The molecule has 2 rings (SSSR count). The number of carbonyl (C=O) groups is 4. The first-order valence-corrected chi connectivity index (χ1v) is 12.8. The highest BCUT2D eigenvalue weighted by atomic mass is 32.2. The van der Waals surface area contributed by atoms with E-state index in [1.54, 1.807) is 26.8 Å². The van der Waals surface area contributed by atoms with Crippen LogP contribution in [0.2, 0.25) is 0 Å². The number of ether oxygens (including phenoxy) is 1. The van der Waals surface area contributed by atoms with Crippen molar-refractivity contribution in [3.05, 3.63) is 23.8 Å². The van der Waals surface area contributed by atoms with Crippen LogP contribution >= 0.6 is 11.8 Å². The molecule has 0 fully saturated rings. The van der Waals surface area contributed by atoms with Crippen LogP contribution in [0.4, 0.5) is 10.5 Å². The molecule has 0 spiro atoms. The highest BCUT2D eigenvalue weighted by Gasteiger charge is 2.38. The monoisotopic (exact) mass is 500 g/mol. The molecule has 182 valence electrons. The number of thioether (sulfide) groups is 1. The molecule has 1 aliphatic heterocycles. The van der Waals surface area contributed by atoms with E-state index < -0.39 is 50.0 Å². The molecule has 1 aliphatic rings. The van der Waals surface area contributed by atoms with E-state index in [1.165, 1.54) is 37.7 Å².